The van der Waals surface area contributed by atoms with Crippen LogP contribution in [0.2, 0.25) is 0 Å². The van der Waals surface area contributed by atoms with E-state index >= 15 is 0 Å². The Bertz CT molecular complexity index is 922. The zero-order valence-electron chi connectivity index (χ0n) is 22.0. The summed E-state index contributed by atoms with van der Waals surface area (Å²) in [6.07, 6.45) is 22.6. The third kappa shape index (κ3) is 8.93. The highest BCUT2D eigenvalue weighted by Crippen LogP contribution is 2.26. The van der Waals surface area contributed by atoms with Crippen molar-refractivity contribution in [2.24, 2.45) is 0 Å². The third-order valence-electron chi connectivity index (χ3n) is 7.20. The number of nitrogens with zero attached hydrogens (tertiary/aromatic N) is 2. The van der Waals surface area contributed by atoms with Gasteiger partial charge in [0.1, 0.15) is 5.82 Å². The van der Waals surface area contributed by atoms with Crippen molar-refractivity contribution in [3.63, 3.8) is 0 Å². The summed E-state index contributed by atoms with van der Waals surface area (Å²) in [7, 11) is 0. The van der Waals surface area contributed by atoms with E-state index in [1.807, 2.05) is 0 Å². The summed E-state index contributed by atoms with van der Waals surface area (Å²) in [6.45, 7) is 5.50. The second-order valence-corrected chi connectivity index (χ2v) is 10.2. The van der Waals surface area contributed by atoms with Gasteiger partial charge in [0.2, 0.25) is 0 Å². The lowest BCUT2D eigenvalue weighted by atomic mass is 10.0. The van der Waals surface area contributed by atoms with Crippen LogP contribution < -0.4 is 0 Å². The van der Waals surface area contributed by atoms with Crippen LogP contribution in [0.5, 0.6) is 0 Å². The summed E-state index contributed by atoms with van der Waals surface area (Å²) in [6, 6.07) is 17.4. The van der Waals surface area contributed by atoms with Gasteiger partial charge in [-0.25, -0.2) is 4.98 Å². The van der Waals surface area contributed by atoms with Gasteiger partial charge in [-0.1, -0.05) is 145 Å². The molecule has 0 radical (unpaired) electrons. The van der Waals surface area contributed by atoms with Gasteiger partial charge in [-0.2, -0.15) is 0 Å². The number of unbranched alkanes of at least 4 members (excludes halogenated alkanes) is 15. The average Bonchev–Trinajstić information content (AvgIpc) is 3.23. The molecule has 0 aliphatic rings. The van der Waals surface area contributed by atoms with Crippen LogP contribution in [0.1, 0.15) is 115 Å². The van der Waals surface area contributed by atoms with Crippen LogP contribution >= 0.6 is 0 Å². The van der Waals surface area contributed by atoms with Crippen LogP contribution in [-0.2, 0) is 6.54 Å². The normalized spacial score (nSPS) is 11.5. The molecule has 2 aromatic carbocycles. The van der Waals surface area contributed by atoms with Crippen LogP contribution in [0.4, 0.5) is 0 Å². The van der Waals surface area contributed by atoms with Gasteiger partial charge in [-0.05, 0) is 25.5 Å². The van der Waals surface area contributed by atoms with Crippen LogP contribution in [0.15, 0.2) is 48.5 Å². The molecule has 1 heterocycles. The number of aromatic nitrogens is 2. The lowest BCUT2D eigenvalue weighted by Gasteiger charge is -2.10. The van der Waals surface area contributed by atoms with E-state index in [1.54, 1.807) is 0 Å². The van der Waals surface area contributed by atoms with E-state index < -0.39 is 0 Å². The molecule has 0 saturated heterocycles. The maximum absolute atomic E-state index is 4.97. The number of hydrogen-bond donors (Lipinski definition) is 0. The van der Waals surface area contributed by atoms with E-state index in [1.165, 1.54) is 119 Å². The van der Waals surface area contributed by atoms with E-state index in [9.17, 15) is 0 Å². The summed E-state index contributed by atoms with van der Waals surface area (Å²) in [5.74, 6) is 1.11. The maximum Gasteiger partial charge on any atom is 0.141 e. The van der Waals surface area contributed by atoms with Crippen molar-refractivity contribution in [2.45, 2.75) is 123 Å². The van der Waals surface area contributed by atoms with Gasteiger partial charge < -0.3 is 4.57 Å². The van der Waals surface area contributed by atoms with Gasteiger partial charge in [-0.15, -0.1) is 0 Å². The first-order valence-electron chi connectivity index (χ1n) is 14.3. The first-order valence-corrected chi connectivity index (χ1v) is 14.3. The molecule has 0 aliphatic carbocycles. The van der Waals surface area contributed by atoms with Crippen molar-refractivity contribution < 1.29 is 0 Å². The first-order chi connectivity index (χ1) is 16.8. The fourth-order valence-corrected chi connectivity index (χ4v) is 5.04. The van der Waals surface area contributed by atoms with Gasteiger partial charge in [0.05, 0.1) is 11.0 Å². The summed E-state index contributed by atoms with van der Waals surface area (Å²) in [5, 5.41) is 0. The van der Waals surface area contributed by atoms with Crippen molar-refractivity contribution in [3.05, 3.63) is 54.1 Å². The molecular formula is C32H48N2. The molecule has 0 aliphatic heterocycles. The summed E-state index contributed by atoms with van der Waals surface area (Å²) < 4.78 is 2.43. The molecular weight excluding hydrogens is 412 g/mol. The molecule has 3 rings (SSSR count). The summed E-state index contributed by atoms with van der Waals surface area (Å²) in [5.41, 5.74) is 4.89. The molecule has 2 nitrogen and oxygen atoms in total. The number of imidazole rings is 1. The first kappa shape index (κ1) is 26.5. The highest BCUT2D eigenvalue weighted by molar-refractivity contribution is 5.80. The third-order valence-corrected chi connectivity index (χ3v) is 7.20. The zero-order chi connectivity index (χ0) is 23.8. The van der Waals surface area contributed by atoms with Crippen molar-refractivity contribution in [1.29, 1.82) is 0 Å². The molecule has 0 spiro atoms. The van der Waals surface area contributed by atoms with E-state index in [0.717, 1.165) is 17.9 Å². The van der Waals surface area contributed by atoms with E-state index in [-0.39, 0.29) is 0 Å². The minimum absolute atomic E-state index is 1.06. The Labute approximate surface area is 209 Å². The van der Waals surface area contributed by atoms with Gasteiger partial charge in [0.15, 0.2) is 0 Å². The SMILES string of the molecule is CCCCCCCCCCCCCCCCCCn1c(-c2ccc(C)cc2)nc2ccccc21. The molecule has 0 fully saturated rings. The van der Waals surface area contributed by atoms with Crippen LogP contribution in [0.25, 0.3) is 22.4 Å². The Morgan fingerprint density at radius 1 is 0.588 bits per heavy atom. The van der Waals surface area contributed by atoms with Gasteiger partial charge in [0.25, 0.3) is 0 Å². The topological polar surface area (TPSA) is 17.8 Å². The maximum atomic E-state index is 4.97. The summed E-state index contributed by atoms with van der Waals surface area (Å²) >= 11 is 0. The van der Waals surface area contributed by atoms with E-state index in [0.29, 0.717) is 0 Å². The molecule has 1 aromatic heterocycles. The lowest BCUT2D eigenvalue weighted by Crippen LogP contribution is -2.01. The van der Waals surface area contributed by atoms with Crippen molar-refractivity contribution in [2.75, 3.05) is 0 Å². The van der Waals surface area contributed by atoms with Crippen molar-refractivity contribution >= 4 is 11.0 Å². The molecule has 0 amide bonds. The Morgan fingerprint density at radius 2 is 1.09 bits per heavy atom. The Hall–Kier alpha value is -2.09. The van der Waals surface area contributed by atoms with Crippen LogP contribution in [-0.4, -0.2) is 9.55 Å². The quantitative estimate of drug-likeness (QED) is 0.173. The molecule has 34 heavy (non-hydrogen) atoms. The lowest BCUT2D eigenvalue weighted by molar-refractivity contribution is 0.523. The molecule has 186 valence electrons. The number of fused-ring (bicyclic) bond motifs is 1. The number of para-hydroxylation sites is 2. The summed E-state index contributed by atoms with van der Waals surface area (Å²) in [4.78, 5) is 4.97. The predicted octanol–water partition coefficient (Wildman–Crippen LogP) is 10.3. The molecule has 2 heteroatoms. The Balaban J connectivity index is 1.28. The van der Waals surface area contributed by atoms with Crippen LogP contribution in [0, 0.1) is 6.92 Å². The van der Waals surface area contributed by atoms with Crippen molar-refractivity contribution in [3.8, 4) is 11.4 Å². The minimum atomic E-state index is 1.06. The largest absolute Gasteiger partial charge is 0.324 e. The number of benzene rings is 2. The molecule has 0 N–H and O–H groups in total. The van der Waals surface area contributed by atoms with Crippen LogP contribution in [0.3, 0.4) is 0 Å². The fourth-order valence-electron chi connectivity index (χ4n) is 5.04. The fraction of sp³-hybridized carbons (Fsp3) is 0.594. The standard InChI is InChI=1S/C32H48N2/c1-3-4-5-6-7-8-9-10-11-12-13-14-15-16-17-20-27-34-31-22-19-18-21-30(31)33-32(34)29-25-23-28(2)24-26-29/h18-19,21-26H,3-17,20,27H2,1-2H3. The van der Waals surface area contributed by atoms with Crippen molar-refractivity contribution in [1.82, 2.24) is 9.55 Å². The molecule has 0 atom stereocenters. The number of rotatable bonds is 18. The highest BCUT2D eigenvalue weighted by Gasteiger charge is 2.12. The van der Waals surface area contributed by atoms with E-state index in [4.69, 9.17) is 4.98 Å². The number of hydrogen-bond acceptors (Lipinski definition) is 1. The molecule has 0 bridgehead atoms. The van der Waals surface area contributed by atoms with Gasteiger partial charge in [-0.3, -0.25) is 0 Å². The Kier molecular flexibility index (Phi) is 12.3. The minimum Gasteiger partial charge on any atom is -0.324 e. The van der Waals surface area contributed by atoms with E-state index in [2.05, 4.69) is 66.9 Å². The predicted molar refractivity (Wildman–Crippen MR) is 149 cm³/mol. The Morgan fingerprint density at radius 3 is 1.65 bits per heavy atom. The monoisotopic (exact) mass is 460 g/mol. The van der Waals surface area contributed by atoms with Gasteiger partial charge >= 0.3 is 0 Å². The molecule has 0 saturated carbocycles. The number of aryl methyl sites for hydroxylation is 2. The smallest absolute Gasteiger partial charge is 0.141 e. The second kappa shape index (κ2) is 15.7. The molecule has 0 unspecified atom stereocenters. The van der Waals surface area contributed by atoms with Gasteiger partial charge in [0, 0.05) is 12.1 Å². The highest BCUT2D eigenvalue weighted by atomic mass is 15.1. The zero-order valence-corrected chi connectivity index (χ0v) is 22.0. The molecule has 3 aromatic rings. The second-order valence-electron chi connectivity index (χ2n) is 10.2. The average molecular weight is 461 g/mol.